The summed E-state index contributed by atoms with van der Waals surface area (Å²) in [5.41, 5.74) is 1.90. The summed E-state index contributed by atoms with van der Waals surface area (Å²) >= 11 is 0. The molecule has 1 saturated heterocycles. The maximum Gasteiger partial charge on any atom is 0.348 e. The largest absolute Gasteiger partial charge is 0.445 e. The van der Waals surface area contributed by atoms with Crippen LogP contribution in [0.5, 0.6) is 0 Å². The highest BCUT2D eigenvalue weighted by Crippen LogP contribution is 2.27. The van der Waals surface area contributed by atoms with E-state index in [1.54, 1.807) is 43.1 Å². The van der Waals surface area contributed by atoms with Gasteiger partial charge in [-0.25, -0.2) is 14.2 Å². The van der Waals surface area contributed by atoms with Gasteiger partial charge in [0.05, 0.1) is 12.1 Å². The fraction of sp³-hybridized carbons (Fsp3) is 0.391. The first-order valence-corrected chi connectivity index (χ1v) is 10.4. The van der Waals surface area contributed by atoms with Crippen LogP contribution in [0, 0.1) is 19.7 Å². The van der Waals surface area contributed by atoms with Crippen LogP contribution < -0.4 is 5.69 Å². The molecule has 0 saturated carbocycles. The molecule has 1 aromatic carbocycles. The number of hydrogen-bond acceptors (Lipinski definition) is 5. The summed E-state index contributed by atoms with van der Waals surface area (Å²) in [7, 11) is 0. The molecule has 1 fully saturated rings. The Labute approximate surface area is 179 Å². The Kier molecular flexibility index (Phi) is 5.97. The van der Waals surface area contributed by atoms with E-state index in [9.17, 15) is 14.0 Å². The van der Waals surface area contributed by atoms with Crippen molar-refractivity contribution in [3.63, 3.8) is 0 Å². The summed E-state index contributed by atoms with van der Waals surface area (Å²) in [5, 5.41) is 0. The van der Waals surface area contributed by atoms with Crippen LogP contribution in [0.2, 0.25) is 0 Å². The number of carbonyl (C=O) groups excluding carboxylic acids is 1. The predicted octanol–water partition coefficient (Wildman–Crippen LogP) is 2.98. The average molecular weight is 424 g/mol. The number of aromatic nitrogens is 3. The Morgan fingerprint density at radius 1 is 1.26 bits per heavy atom. The third-order valence-electron chi connectivity index (χ3n) is 5.63. The first-order valence-electron chi connectivity index (χ1n) is 10.4. The molecule has 0 spiro atoms. The molecule has 31 heavy (non-hydrogen) atoms. The van der Waals surface area contributed by atoms with Gasteiger partial charge >= 0.3 is 5.69 Å². The topological polar surface area (TPSA) is 81.2 Å². The van der Waals surface area contributed by atoms with Crippen molar-refractivity contribution in [3.05, 3.63) is 81.4 Å². The van der Waals surface area contributed by atoms with Gasteiger partial charge in [-0.1, -0.05) is 12.1 Å². The number of hydrogen-bond donors (Lipinski definition) is 0. The number of likely N-dealkylation sites (tertiary alicyclic amines) is 1. The third kappa shape index (κ3) is 4.90. The molecule has 2 aromatic heterocycles. The molecular weight excluding hydrogens is 399 g/mol. The lowest BCUT2D eigenvalue weighted by Gasteiger charge is -2.31. The molecule has 0 N–H and O–H groups in total. The van der Waals surface area contributed by atoms with E-state index in [-0.39, 0.29) is 24.2 Å². The molecule has 0 bridgehead atoms. The highest BCUT2D eigenvalue weighted by atomic mass is 19.1. The molecule has 4 rings (SSSR count). The summed E-state index contributed by atoms with van der Waals surface area (Å²) in [6.45, 7) is 4.69. The van der Waals surface area contributed by atoms with E-state index >= 15 is 0 Å². The number of benzene rings is 1. The lowest BCUT2D eigenvalue weighted by molar-refractivity contribution is -0.133. The number of nitrogens with zero attached hydrogens (tertiary/aromatic N) is 4. The van der Waals surface area contributed by atoms with Gasteiger partial charge in [0.2, 0.25) is 5.91 Å². The fourth-order valence-electron chi connectivity index (χ4n) is 4.00. The smallest absolute Gasteiger partial charge is 0.348 e. The van der Waals surface area contributed by atoms with Crippen LogP contribution in [0.3, 0.4) is 0 Å². The van der Waals surface area contributed by atoms with Gasteiger partial charge in [-0.15, -0.1) is 0 Å². The minimum atomic E-state index is -0.405. The van der Waals surface area contributed by atoms with Crippen molar-refractivity contribution in [1.82, 2.24) is 19.4 Å². The van der Waals surface area contributed by atoms with Crippen LogP contribution in [0.1, 0.15) is 47.4 Å². The summed E-state index contributed by atoms with van der Waals surface area (Å²) in [6, 6.07) is 8.09. The number of piperidine rings is 1. The Morgan fingerprint density at radius 3 is 2.77 bits per heavy atom. The third-order valence-corrected chi connectivity index (χ3v) is 5.63. The van der Waals surface area contributed by atoms with Crippen molar-refractivity contribution in [2.75, 3.05) is 13.1 Å². The first-order chi connectivity index (χ1) is 14.9. The quantitative estimate of drug-likeness (QED) is 0.629. The Morgan fingerprint density at radius 2 is 2.03 bits per heavy atom. The second kappa shape index (κ2) is 8.83. The van der Waals surface area contributed by atoms with Gasteiger partial charge in [-0.2, -0.15) is 4.98 Å². The average Bonchev–Trinajstić information content (AvgIpc) is 3.21. The first kappa shape index (κ1) is 21.0. The van der Waals surface area contributed by atoms with E-state index in [2.05, 4.69) is 9.97 Å². The van der Waals surface area contributed by atoms with Gasteiger partial charge in [0.25, 0.3) is 0 Å². The number of halogens is 1. The summed E-state index contributed by atoms with van der Waals surface area (Å²) in [5.74, 6) is 0.943. The van der Waals surface area contributed by atoms with Crippen molar-refractivity contribution in [1.29, 1.82) is 0 Å². The molecule has 1 amide bonds. The van der Waals surface area contributed by atoms with Crippen LogP contribution in [-0.4, -0.2) is 38.4 Å². The molecule has 7 nitrogen and oxygen atoms in total. The Balaban J connectivity index is 1.42. The van der Waals surface area contributed by atoms with E-state index in [0.29, 0.717) is 36.9 Å². The Bertz CT molecular complexity index is 1140. The lowest BCUT2D eigenvalue weighted by Crippen LogP contribution is -2.42. The molecule has 3 aromatic rings. The number of carbonyl (C=O) groups is 1. The Hall–Kier alpha value is -3.29. The van der Waals surface area contributed by atoms with Gasteiger partial charge in [-0.05, 0) is 50.5 Å². The maximum absolute atomic E-state index is 13.1. The zero-order valence-electron chi connectivity index (χ0n) is 17.7. The summed E-state index contributed by atoms with van der Waals surface area (Å²) < 4.78 is 20.4. The minimum Gasteiger partial charge on any atom is -0.445 e. The van der Waals surface area contributed by atoms with Crippen LogP contribution >= 0.6 is 0 Å². The van der Waals surface area contributed by atoms with Crippen LogP contribution in [0.15, 0.2) is 45.7 Å². The molecule has 1 unspecified atom stereocenters. The standard InChI is InChI=1S/C23H25FN4O3/c1-15-10-16(2)28(23(30)26-15)14-21(29)27-9-3-4-18(13-27)22-25-12-20(31-22)11-17-5-7-19(24)8-6-17/h5-8,10,12,18H,3-4,9,11,13-14H2,1-2H3. The van der Waals surface area contributed by atoms with Gasteiger partial charge in [-0.3, -0.25) is 9.36 Å². The van der Waals surface area contributed by atoms with Gasteiger partial charge in [0, 0.05) is 30.9 Å². The maximum atomic E-state index is 13.1. The van der Waals surface area contributed by atoms with E-state index < -0.39 is 5.69 Å². The number of rotatable bonds is 5. The molecule has 1 atom stereocenters. The highest BCUT2D eigenvalue weighted by Gasteiger charge is 2.28. The van der Waals surface area contributed by atoms with Gasteiger partial charge in [0.15, 0.2) is 5.89 Å². The van der Waals surface area contributed by atoms with Crippen molar-refractivity contribution in [3.8, 4) is 0 Å². The van der Waals surface area contributed by atoms with Crippen molar-refractivity contribution < 1.29 is 13.6 Å². The molecule has 8 heteroatoms. The molecule has 162 valence electrons. The molecule has 1 aliphatic heterocycles. The SMILES string of the molecule is Cc1cc(C)n(CC(=O)N2CCCC(c3ncc(Cc4ccc(F)cc4)o3)C2)c(=O)n1. The fourth-order valence-corrected chi connectivity index (χ4v) is 4.00. The molecular formula is C23H25FN4O3. The van der Waals surface area contributed by atoms with E-state index in [0.717, 1.165) is 24.1 Å². The van der Waals surface area contributed by atoms with Gasteiger partial charge < -0.3 is 9.32 Å². The summed E-state index contributed by atoms with van der Waals surface area (Å²) in [6.07, 6.45) is 3.95. The molecule has 0 radical (unpaired) electrons. The molecule has 3 heterocycles. The summed E-state index contributed by atoms with van der Waals surface area (Å²) in [4.78, 5) is 35.2. The van der Waals surface area contributed by atoms with Crippen LogP contribution in [0.25, 0.3) is 0 Å². The van der Waals surface area contributed by atoms with E-state index in [1.807, 2.05) is 0 Å². The van der Waals surface area contributed by atoms with Crippen LogP contribution in [-0.2, 0) is 17.8 Å². The zero-order chi connectivity index (χ0) is 22.0. The normalized spacial score (nSPS) is 16.5. The molecule has 1 aliphatic rings. The van der Waals surface area contributed by atoms with Crippen molar-refractivity contribution >= 4 is 5.91 Å². The molecule has 0 aliphatic carbocycles. The second-order valence-electron chi connectivity index (χ2n) is 8.05. The zero-order valence-corrected chi connectivity index (χ0v) is 17.7. The van der Waals surface area contributed by atoms with Crippen LogP contribution in [0.4, 0.5) is 4.39 Å². The van der Waals surface area contributed by atoms with E-state index in [1.165, 1.54) is 16.7 Å². The second-order valence-corrected chi connectivity index (χ2v) is 8.05. The number of aryl methyl sites for hydroxylation is 2. The highest BCUT2D eigenvalue weighted by molar-refractivity contribution is 5.76. The monoisotopic (exact) mass is 424 g/mol. The predicted molar refractivity (Wildman–Crippen MR) is 112 cm³/mol. The number of oxazole rings is 1. The van der Waals surface area contributed by atoms with Crippen molar-refractivity contribution in [2.24, 2.45) is 0 Å². The van der Waals surface area contributed by atoms with E-state index in [4.69, 9.17) is 4.42 Å². The lowest BCUT2D eigenvalue weighted by atomic mass is 9.98. The van der Waals surface area contributed by atoms with Crippen molar-refractivity contribution in [2.45, 2.75) is 45.6 Å². The minimum absolute atomic E-state index is 0.00799. The number of amides is 1. The van der Waals surface area contributed by atoms with Gasteiger partial charge in [0.1, 0.15) is 18.1 Å².